The first-order chi connectivity index (χ1) is 7.56. The second-order valence-electron chi connectivity index (χ2n) is 4.82. The number of hydrogen-bond donors (Lipinski definition) is 2. The maximum atomic E-state index is 11.7. The standard InChI is InChI=1S/C11H12N2O3/c12-10(16)11-3-1-5(2-4-11)6-7(11)9(15)13-8(6)14/h1,3,5-7H,2,4H2,(H2,12,16)(H,13,14,15). The average Bonchev–Trinajstić information content (AvgIpc) is 2.58. The third-order valence-electron chi connectivity index (χ3n) is 4.20. The van der Waals surface area contributed by atoms with Crippen molar-refractivity contribution in [3.63, 3.8) is 0 Å². The summed E-state index contributed by atoms with van der Waals surface area (Å²) >= 11 is 0. The molecule has 1 saturated heterocycles. The van der Waals surface area contributed by atoms with E-state index in [1.165, 1.54) is 0 Å². The predicted molar refractivity (Wildman–Crippen MR) is 53.6 cm³/mol. The van der Waals surface area contributed by atoms with Crippen LogP contribution in [0.25, 0.3) is 0 Å². The van der Waals surface area contributed by atoms with Crippen molar-refractivity contribution in [2.75, 3.05) is 0 Å². The van der Waals surface area contributed by atoms with E-state index in [0.29, 0.717) is 6.42 Å². The van der Waals surface area contributed by atoms with Gasteiger partial charge in [-0.3, -0.25) is 19.7 Å². The lowest BCUT2D eigenvalue weighted by Crippen LogP contribution is -2.53. The highest BCUT2D eigenvalue weighted by Gasteiger charge is 2.62. The Morgan fingerprint density at radius 2 is 2.19 bits per heavy atom. The average molecular weight is 220 g/mol. The number of fused-ring (bicyclic) bond motifs is 1. The van der Waals surface area contributed by atoms with Gasteiger partial charge in [-0.05, 0) is 18.8 Å². The molecule has 4 aliphatic rings. The van der Waals surface area contributed by atoms with Crippen molar-refractivity contribution in [2.24, 2.45) is 28.9 Å². The van der Waals surface area contributed by atoms with Crippen molar-refractivity contribution >= 4 is 17.7 Å². The number of primary amides is 1. The highest BCUT2D eigenvalue weighted by molar-refractivity contribution is 6.08. The van der Waals surface area contributed by atoms with Crippen molar-refractivity contribution < 1.29 is 14.4 Å². The molecule has 0 radical (unpaired) electrons. The van der Waals surface area contributed by atoms with E-state index in [9.17, 15) is 14.4 Å². The van der Waals surface area contributed by atoms with E-state index in [4.69, 9.17) is 5.73 Å². The summed E-state index contributed by atoms with van der Waals surface area (Å²) in [6.45, 7) is 0. The topological polar surface area (TPSA) is 89.3 Å². The van der Waals surface area contributed by atoms with Gasteiger partial charge in [0.1, 0.15) is 0 Å². The molecular weight excluding hydrogens is 208 g/mol. The third kappa shape index (κ3) is 0.887. The van der Waals surface area contributed by atoms with Gasteiger partial charge in [0.05, 0.1) is 17.3 Å². The summed E-state index contributed by atoms with van der Waals surface area (Å²) in [4.78, 5) is 35.0. The maximum absolute atomic E-state index is 11.7. The van der Waals surface area contributed by atoms with E-state index in [1.54, 1.807) is 6.08 Å². The zero-order valence-electron chi connectivity index (χ0n) is 8.60. The Kier molecular flexibility index (Phi) is 1.63. The molecule has 16 heavy (non-hydrogen) atoms. The van der Waals surface area contributed by atoms with Gasteiger partial charge in [0.25, 0.3) is 0 Å². The Labute approximate surface area is 92.1 Å². The number of nitrogens with two attached hydrogens (primary N) is 1. The van der Waals surface area contributed by atoms with Crippen LogP contribution in [0.3, 0.4) is 0 Å². The molecular formula is C11H12N2O3. The van der Waals surface area contributed by atoms with Crippen LogP contribution >= 0.6 is 0 Å². The maximum Gasteiger partial charge on any atom is 0.231 e. The lowest BCUT2D eigenvalue weighted by Gasteiger charge is -2.45. The van der Waals surface area contributed by atoms with Crippen molar-refractivity contribution in [1.82, 2.24) is 5.32 Å². The van der Waals surface area contributed by atoms with Gasteiger partial charge in [-0.15, -0.1) is 0 Å². The first-order valence-electron chi connectivity index (χ1n) is 5.40. The molecule has 0 aromatic carbocycles. The molecule has 3 amide bonds. The second kappa shape index (κ2) is 2.72. The summed E-state index contributed by atoms with van der Waals surface area (Å²) in [5, 5.41) is 2.31. The smallest absolute Gasteiger partial charge is 0.231 e. The Balaban J connectivity index is 2.16. The van der Waals surface area contributed by atoms with Crippen LogP contribution in [0.1, 0.15) is 12.8 Å². The summed E-state index contributed by atoms with van der Waals surface area (Å²) in [6, 6.07) is 0. The molecule has 0 aromatic rings. The molecule has 5 heteroatoms. The van der Waals surface area contributed by atoms with Gasteiger partial charge in [0.2, 0.25) is 17.7 Å². The monoisotopic (exact) mass is 220 g/mol. The minimum absolute atomic E-state index is 0.0812. The van der Waals surface area contributed by atoms with Crippen LogP contribution in [-0.2, 0) is 14.4 Å². The molecule has 2 bridgehead atoms. The molecule has 1 aliphatic heterocycles. The first-order valence-corrected chi connectivity index (χ1v) is 5.40. The number of carbonyl (C=O) groups is 3. The quantitative estimate of drug-likeness (QED) is 0.453. The number of nitrogens with one attached hydrogen (secondary N) is 1. The van der Waals surface area contributed by atoms with Gasteiger partial charge in [-0.2, -0.15) is 0 Å². The number of hydrogen-bond acceptors (Lipinski definition) is 3. The molecule has 3 N–H and O–H groups in total. The zero-order chi connectivity index (χ0) is 11.5. The predicted octanol–water partition coefficient (Wildman–Crippen LogP) is -0.673. The summed E-state index contributed by atoms with van der Waals surface area (Å²) in [7, 11) is 0. The van der Waals surface area contributed by atoms with Gasteiger partial charge >= 0.3 is 0 Å². The summed E-state index contributed by atoms with van der Waals surface area (Å²) in [6.07, 6.45) is 4.93. The van der Waals surface area contributed by atoms with Crippen LogP contribution in [0.2, 0.25) is 0 Å². The number of carbonyl (C=O) groups excluding carboxylic acids is 3. The van der Waals surface area contributed by atoms with Crippen molar-refractivity contribution in [2.45, 2.75) is 12.8 Å². The molecule has 84 valence electrons. The van der Waals surface area contributed by atoms with Crippen molar-refractivity contribution in [3.05, 3.63) is 12.2 Å². The van der Waals surface area contributed by atoms with Crippen LogP contribution in [-0.4, -0.2) is 17.7 Å². The molecule has 5 nitrogen and oxygen atoms in total. The third-order valence-corrected chi connectivity index (χ3v) is 4.20. The number of amides is 3. The van der Waals surface area contributed by atoms with Crippen molar-refractivity contribution in [3.8, 4) is 0 Å². The number of allylic oxidation sites excluding steroid dienone is 1. The van der Waals surface area contributed by atoms with E-state index < -0.39 is 23.2 Å². The fraction of sp³-hybridized carbons (Fsp3) is 0.545. The summed E-state index contributed by atoms with van der Waals surface area (Å²) in [5.74, 6) is -1.99. The Hall–Kier alpha value is -1.65. The second-order valence-corrected chi connectivity index (χ2v) is 4.82. The molecule has 0 spiro atoms. The fourth-order valence-electron chi connectivity index (χ4n) is 3.39. The van der Waals surface area contributed by atoms with E-state index in [0.717, 1.165) is 6.42 Å². The normalized spacial score (nSPS) is 44.4. The van der Waals surface area contributed by atoms with E-state index in [-0.39, 0.29) is 17.7 Å². The first kappa shape index (κ1) is 9.57. The van der Waals surface area contributed by atoms with Crippen molar-refractivity contribution in [1.29, 1.82) is 0 Å². The lowest BCUT2D eigenvalue weighted by molar-refractivity contribution is -0.141. The molecule has 4 atom stereocenters. The van der Waals surface area contributed by atoms with Gasteiger partial charge in [-0.1, -0.05) is 12.2 Å². The largest absolute Gasteiger partial charge is 0.369 e. The molecule has 1 heterocycles. The molecule has 1 saturated carbocycles. The Morgan fingerprint density at radius 1 is 1.44 bits per heavy atom. The van der Waals surface area contributed by atoms with Crippen LogP contribution in [0, 0.1) is 23.2 Å². The van der Waals surface area contributed by atoms with E-state index in [1.807, 2.05) is 6.08 Å². The van der Waals surface area contributed by atoms with E-state index >= 15 is 0 Å². The van der Waals surface area contributed by atoms with Crippen LogP contribution in [0.15, 0.2) is 12.2 Å². The van der Waals surface area contributed by atoms with Crippen LogP contribution < -0.4 is 11.1 Å². The summed E-state index contributed by atoms with van der Waals surface area (Å²) < 4.78 is 0. The molecule has 2 fully saturated rings. The minimum atomic E-state index is -0.935. The Bertz CT molecular complexity index is 443. The zero-order valence-corrected chi connectivity index (χ0v) is 8.60. The lowest BCUT2D eigenvalue weighted by atomic mass is 9.54. The van der Waals surface area contributed by atoms with Gasteiger partial charge < -0.3 is 5.73 Å². The molecule has 0 aromatic heterocycles. The number of rotatable bonds is 1. The number of imide groups is 1. The highest BCUT2D eigenvalue weighted by atomic mass is 16.2. The van der Waals surface area contributed by atoms with Gasteiger partial charge in [0.15, 0.2) is 0 Å². The van der Waals surface area contributed by atoms with Gasteiger partial charge in [-0.25, -0.2) is 0 Å². The van der Waals surface area contributed by atoms with E-state index in [2.05, 4.69) is 5.32 Å². The molecule has 3 aliphatic carbocycles. The van der Waals surface area contributed by atoms with Gasteiger partial charge in [0, 0.05) is 0 Å². The van der Waals surface area contributed by atoms with Crippen LogP contribution in [0.5, 0.6) is 0 Å². The fourth-order valence-corrected chi connectivity index (χ4v) is 3.39. The summed E-state index contributed by atoms with van der Waals surface area (Å²) in [5.41, 5.74) is 4.48. The highest BCUT2D eigenvalue weighted by Crippen LogP contribution is 2.54. The molecule has 4 rings (SSSR count). The molecule has 4 unspecified atom stereocenters. The minimum Gasteiger partial charge on any atom is -0.369 e. The van der Waals surface area contributed by atoms with Crippen LogP contribution in [0.4, 0.5) is 0 Å². The SMILES string of the molecule is NC(=O)C12C=CC(CC1)C1C(=O)NC(=O)C12. The Morgan fingerprint density at radius 3 is 2.75 bits per heavy atom.